The van der Waals surface area contributed by atoms with Crippen molar-refractivity contribution < 1.29 is 9.53 Å². The molecule has 4 nitrogen and oxygen atoms in total. The van der Waals surface area contributed by atoms with Crippen LogP contribution in [-0.4, -0.2) is 25.1 Å². The van der Waals surface area contributed by atoms with E-state index in [0.29, 0.717) is 30.4 Å². The number of hydrogen-bond donors (Lipinski definition) is 2. The Morgan fingerprint density at radius 1 is 1.50 bits per heavy atom. The minimum Gasteiger partial charge on any atom is -0.493 e. The van der Waals surface area contributed by atoms with Crippen LogP contribution in [0, 0.1) is 5.92 Å². The van der Waals surface area contributed by atoms with E-state index in [2.05, 4.69) is 5.32 Å². The van der Waals surface area contributed by atoms with Gasteiger partial charge >= 0.3 is 0 Å². The van der Waals surface area contributed by atoms with Gasteiger partial charge in [0.2, 0.25) is 0 Å². The lowest BCUT2D eigenvalue weighted by Crippen LogP contribution is -2.38. The highest BCUT2D eigenvalue weighted by molar-refractivity contribution is 5.96. The van der Waals surface area contributed by atoms with Gasteiger partial charge < -0.3 is 15.8 Å². The quantitative estimate of drug-likeness (QED) is 0.803. The van der Waals surface area contributed by atoms with E-state index in [1.54, 1.807) is 12.1 Å². The molecule has 98 valence electrons. The molecule has 0 heterocycles. The van der Waals surface area contributed by atoms with Gasteiger partial charge in [-0.05, 0) is 37.8 Å². The molecule has 4 heteroatoms. The van der Waals surface area contributed by atoms with Crippen molar-refractivity contribution in [1.82, 2.24) is 5.32 Å². The molecular weight excluding hydrogens is 228 g/mol. The summed E-state index contributed by atoms with van der Waals surface area (Å²) >= 11 is 0. The fourth-order valence-electron chi connectivity index (χ4n) is 1.93. The van der Waals surface area contributed by atoms with E-state index in [-0.39, 0.29) is 11.9 Å². The summed E-state index contributed by atoms with van der Waals surface area (Å²) in [6.45, 7) is 2.98. The van der Waals surface area contributed by atoms with Crippen LogP contribution >= 0.6 is 0 Å². The number of ether oxygens (including phenoxy) is 1. The van der Waals surface area contributed by atoms with Crippen LogP contribution in [0.15, 0.2) is 24.3 Å². The van der Waals surface area contributed by atoms with Crippen LogP contribution in [0.4, 0.5) is 0 Å². The summed E-state index contributed by atoms with van der Waals surface area (Å²) in [6, 6.07) is 7.34. The van der Waals surface area contributed by atoms with Gasteiger partial charge in [-0.1, -0.05) is 12.1 Å². The summed E-state index contributed by atoms with van der Waals surface area (Å²) in [4.78, 5) is 12.0. The average Bonchev–Trinajstić information content (AvgIpc) is 3.21. The molecule has 1 amide bonds. The maximum atomic E-state index is 12.0. The molecule has 1 aliphatic carbocycles. The SMILES string of the molecule is CCOc1ccccc1C(=O)NCC(N)C1CC1. The highest BCUT2D eigenvalue weighted by atomic mass is 16.5. The molecule has 1 fully saturated rings. The number of amides is 1. The molecule has 0 bridgehead atoms. The normalized spacial score (nSPS) is 16.1. The van der Waals surface area contributed by atoms with Crippen molar-refractivity contribution in [3.8, 4) is 5.75 Å². The van der Waals surface area contributed by atoms with Gasteiger partial charge in [-0.25, -0.2) is 0 Å². The van der Waals surface area contributed by atoms with Gasteiger partial charge in [-0.3, -0.25) is 4.79 Å². The number of hydrogen-bond acceptors (Lipinski definition) is 3. The Labute approximate surface area is 108 Å². The van der Waals surface area contributed by atoms with Crippen molar-refractivity contribution in [2.24, 2.45) is 11.7 Å². The second-order valence-electron chi connectivity index (χ2n) is 4.64. The Morgan fingerprint density at radius 2 is 2.22 bits per heavy atom. The lowest BCUT2D eigenvalue weighted by molar-refractivity contribution is 0.0946. The van der Waals surface area contributed by atoms with E-state index >= 15 is 0 Å². The second kappa shape index (κ2) is 5.87. The summed E-state index contributed by atoms with van der Waals surface area (Å²) in [7, 11) is 0. The second-order valence-corrected chi connectivity index (χ2v) is 4.64. The van der Waals surface area contributed by atoms with Crippen molar-refractivity contribution in [2.45, 2.75) is 25.8 Å². The Hall–Kier alpha value is -1.55. The topological polar surface area (TPSA) is 64.3 Å². The van der Waals surface area contributed by atoms with Crippen LogP contribution in [0.1, 0.15) is 30.1 Å². The number of carbonyl (C=O) groups is 1. The fraction of sp³-hybridized carbons (Fsp3) is 0.500. The van der Waals surface area contributed by atoms with Gasteiger partial charge in [-0.2, -0.15) is 0 Å². The molecule has 18 heavy (non-hydrogen) atoms. The van der Waals surface area contributed by atoms with E-state index in [0.717, 1.165) is 0 Å². The molecule has 1 aliphatic rings. The predicted molar refractivity (Wildman–Crippen MR) is 70.6 cm³/mol. The van der Waals surface area contributed by atoms with E-state index in [1.165, 1.54) is 12.8 Å². The van der Waals surface area contributed by atoms with E-state index in [1.807, 2.05) is 19.1 Å². The number of carbonyl (C=O) groups excluding carboxylic acids is 1. The number of nitrogens with one attached hydrogen (secondary N) is 1. The largest absolute Gasteiger partial charge is 0.493 e. The average molecular weight is 248 g/mol. The molecule has 0 radical (unpaired) electrons. The molecule has 3 N–H and O–H groups in total. The molecule has 1 aromatic carbocycles. The van der Waals surface area contributed by atoms with Gasteiger partial charge in [0.05, 0.1) is 12.2 Å². The van der Waals surface area contributed by atoms with Crippen molar-refractivity contribution in [1.29, 1.82) is 0 Å². The smallest absolute Gasteiger partial charge is 0.255 e. The maximum Gasteiger partial charge on any atom is 0.255 e. The molecule has 0 aliphatic heterocycles. The summed E-state index contributed by atoms with van der Waals surface area (Å²) in [5.41, 5.74) is 6.53. The fourth-order valence-corrected chi connectivity index (χ4v) is 1.93. The summed E-state index contributed by atoms with van der Waals surface area (Å²) in [5.74, 6) is 1.10. The highest BCUT2D eigenvalue weighted by Crippen LogP contribution is 2.31. The molecule has 1 saturated carbocycles. The van der Waals surface area contributed by atoms with Crippen LogP contribution in [-0.2, 0) is 0 Å². The first kappa shape index (κ1) is 12.9. The van der Waals surface area contributed by atoms with Gasteiger partial charge in [0.15, 0.2) is 0 Å². The van der Waals surface area contributed by atoms with Gasteiger partial charge in [0.25, 0.3) is 5.91 Å². The lowest BCUT2D eigenvalue weighted by Gasteiger charge is -2.13. The standard InChI is InChI=1S/C14H20N2O2/c1-2-18-13-6-4-3-5-11(13)14(17)16-9-12(15)10-7-8-10/h3-6,10,12H,2,7-9,15H2,1H3,(H,16,17). The van der Waals surface area contributed by atoms with Crippen molar-refractivity contribution in [3.63, 3.8) is 0 Å². The maximum absolute atomic E-state index is 12.0. The van der Waals surface area contributed by atoms with Crippen LogP contribution in [0.3, 0.4) is 0 Å². The van der Waals surface area contributed by atoms with E-state index < -0.39 is 0 Å². The van der Waals surface area contributed by atoms with Gasteiger partial charge in [0, 0.05) is 12.6 Å². The number of rotatable bonds is 6. The Balaban J connectivity index is 1.94. The third-order valence-electron chi connectivity index (χ3n) is 3.16. The zero-order chi connectivity index (χ0) is 13.0. The third-order valence-corrected chi connectivity index (χ3v) is 3.16. The molecule has 0 saturated heterocycles. The Bertz CT molecular complexity index is 416. The van der Waals surface area contributed by atoms with Crippen LogP contribution in [0.25, 0.3) is 0 Å². The predicted octanol–water partition coefficient (Wildman–Crippen LogP) is 1.55. The first-order valence-electron chi connectivity index (χ1n) is 6.48. The molecule has 1 unspecified atom stereocenters. The van der Waals surface area contributed by atoms with Gasteiger partial charge in [0.1, 0.15) is 5.75 Å². The molecule has 0 aromatic heterocycles. The summed E-state index contributed by atoms with van der Waals surface area (Å²) in [5, 5.41) is 2.87. The highest BCUT2D eigenvalue weighted by Gasteiger charge is 2.28. The zero-order valence-corrected chi connectivity index (χ0v) is 10.7. The van der Waals surface area contributed by atoms with Crippen molar-refractivity contribution >= 4 is 5.91 Å². The Morgan fingerprint density at radius 3 is 2.89 bits per heavy atom. The van der Waals surface area contributed by atoms with E-state index in [4.69, 9.17) is 10.5 Å². The van der Waals surface area contributed by atoms with Gasteiger partial charge in [-0.15, -0.1) is 0 Å². The first-order valence-corrected chi connectivity index (χ1v) is 6.48. The summed E-state index contributed by atoms with van der Waals surface area (Å²) < 4.78 is 5.43. The first-order chi connectivity index (χ1) is 8.72. The minimum absolute atomic E-state index is 0.0770. The molecule has 1 atom stereocenters. The van der Waals surface area contributed by atoms with Crippen LogP contribution in [0.5, 0.6) is 5.75 Å². The van der Waals surface area contributed by atoms with Crippen LogP contribution < -0.4 is 15.8 Å². The molecule has 2 rings (SSSR count). The molecule has 0 spiro atoms. The minimum atomic E-state index is -0.116. The number of nitrogens with two attached hydrogens (primary N) is 1. The third kappa shape index (κ3) is 3.23. The lowest BCUT2D eigenvalue weighted by atomic mass is 10.1. The molecule has 1 aromatic rings. The van der Waals surface area contributed by atoms with Crippen LogP contribution in [0.2, 0.25) is 0 Å². The number of para-hydroxylation sites is 1. The zero-order valence-electron chi connectivity index (χ0n) is 10.7. The molecular formula is C14H20N2O2. The van der Waals surface area contributed by atoms with Crippen molar-refractivity contribution in [3.05, 3.63) is 29.8 Å². The van der Waals surface area contributed by atoms with Crippen molar-refractivity contribution in [2.75, 3.05) is 13.2 Å². The van der Waals surface area contributed by atoms with E-state index in [9.17, 15) is 4.79 Å². The number of benzene rings is 1. The Kier molecular flexibility index (Phi) is 4.20. The summed E-state index contributed by atoms with van der Waals surface area (Å²) in [6.07, 6.45) is 2.37. The monoisotopic (exact) mass is 248 g/mol.